The molecule has 0 radical (unpaired) electrons. The zero-order chi connectivity index (χ0) is 14.8. The third kappa shape index (κ3) is 2.31. The highest BCUT2D eigenvalue weighted by Crippen LogP contribution is 2.71. The van der Waals surface area contributed by atoms with Gasteiger partial charge in [-0.15, -0.1) is 0 Å². The van der Waals surface area contributed by atoms with E-state index in [0.29, 0.717) is 10.9 Å². The number of rotatable bonds is 5. The first-order valence-electron chi connectivity index (χ1n) is 8.15. The van der Waals surface area contributed by atoms with Crippen LogP contribution in [0.1, 0.15) is 73.6 Å². The molecular weight excluding hydrogens is 251 g/mol. The SMILES string of the molecule is CCCC1(CC)C(C)C(=O)C(C)C(CC)(CC)P1C. The Labute approximate surface area is 121 Å². The van der Waals surface area contributed by atoms with E-state index < -0.39 is 0 Å². The minimum Gasteiger partial charge on any atom is -0.299 e. The maximum atomic E-state index is 12.9. The molecule has 0 saturated carbocycles. The molecule has 0 aliphatic carbocycles. The maximum absolute atomic E-state index is 12.9. The second-order valence-corrected chi connectivity index (χ2v) is 9.32. The van der Waals surface area contributed by atoms with E-state index in [1.54, 1.807) is 0 Å². The summed E-state index contributed by atoms with van der Waals surface area (Å²) in [5, 5.41) is 0.573. The van der Waals surface area contributed by atoms with E-state index in [0.717, 1.165) is 12.8 Å². The summed E-state index contributed by atoms with van der Waals surface area (Å²) in [6.45, 7) is 16.1. The Balaban J connectivity index is 3.36. The van der Waals surface area contributed by atoms with E-state index in [-0.39, 0.29) is 24.9 Å². The Morgan fingerprint density at radius 1 is 0.947 bits per heavy atom. The van der Waals surface area contributed by atoms with Gasteiger partial charge in [-0.25, -0.2) is 0 Å². The van der Waals surface area contributed by atoms with Crippen LogP contribution in [0.3, 0.4) is 0 Å². The van der Waals surface area contributed by atoms with Crippen molar-refractivity contribution in [3.63, 3.8) is 0 Å². The lowest BCUT2D eigenvalue weighted by Gasteiger charge is -2.59. The van der Waals surface area contributed by atoms with Crippen LogP contribution < -0.4 is 0 Å². The number of ketones is 1. The van der Waals surface area contributed by atoms with Gasteiger partial charge in [-0.1, -0.05) is 55.9 Å². The molecule has 0 aromatic heterocycles. The summed E-state index contributed by atoms with van der Waals surface area (Å²) < 4.78 is 0. The molecule has 1 aliphatic heterocycles. The van der Waals surface area contributed by atoms with Crippen molar-refractivity contribution in [2.75, 3.05) is 6.66 Å². The molecule has 1 heterocycles. The molecule has 0 amide bonds. The fourth-order valence-electron chi connectivity index (χ4n) is 4.80. The molecule has 0 bridgehead atoms. The fraction of sp³-hybridized carbons (Fsp3) is 0.941. The maximum Gasteiger partial charge on any atom is 0.140 e. The zero-order valence-corrected chi connectivity index (χ0v) is 14.9. The average molecular weight is 284 g/mol. The van der Waals surface area contributed by atoms with E-state index in [1.165, 1.54) is 19.3 Å². The van der Waals surface area contributed by atoms with Crippen LogP contribution in [0.4, 0.5) is 0 Å². The number of Topliss-reactive ketones (excluding diaryl/α,β-unsaturated/α-hetero) is 1. The Hall–Kier alpha value is 0.100. The molecule has 112 valence electrons. The Morgan fingerprint density at radius 2 is 1.37 bits per heavy atom. The largest absolute Gasteiger partial charge is 0.299 e. The molecule has 1 fully saturated rings. The lowest BCUT2D eigenvalue weighted by atomic mass is 9.73. The second-order valence-electron chi connectivity index (χ2n) is 6.42. The fourth-order valence-corrected chi connectivity index (χ4v) is 9.09. The van der Waals surface area contributed by atoms with Crippen LogP contribution in [-0.4, -0.2) is 22.8 Å². The smallest absolute Gasteiger partial charge is 0.140 e. The minimum absolute atomic E-state index is 0.119. The van der Waals surface area contributed by atoms with Gasteiger partial charge in [0.05, 0.1) is 0 Å². The lowest BCUT2D eigenvalue weighted by molar-refractivity contribution is -0.129. The highest BCUT2D eigenvalue weighted by molar-refractivity contribution is 7.60. The van der Waals surface area contributed by atoms with Crippen molar-refractivity contribution in [2.45, 2.75) is 84.0 Å². The highest BCUT2D eigenvalue weighted by Gasteiger charge is 2.58. The average Bonchev–Trinajstić information content (AvgIpc) is 2.43. The first-order chi connectivity index (χ1) is 8.87. The molecule has 1 nitrogen and oxygen atoms in total. The van der Waals surface area contributed by atoms with Crippen molar-refractivity contribution in [2.24, 2.45) is 11.8 Å². The van der Waals surface area contributed by atoms with Gasteiger partial charge in [0.15, 0.2) is 0 Å². The van der Waals surface area contributed by atoms with Crippen molar-refractivity contribution in [3.05, 3.63) is 0 Å². The van der Waals surface area contributed by atoms with Crippen molar-refractivity contribution in [1.82, 2.24) is 0 Å². The summed E-state index contributed by atoms with van der Waals surface area (Å²) in [5.41, 5.74) is 0. The highest BCUT2D eigenvalue weighted by atomic mass is 31.1. The van der Waals surface area contributed by atoms with Crippen molar-refractivity contribution in [3.8, 4) is 0 Å². The summed E-state index contributed by atoms with van der Waals surface area (Å²) >= 11 is 0. The van der Waals surface area contributed by atoms with Gasteiger partial charge in [0, 0.05) is 17.0 Å². The number of hydrogen-bond acceptors (Lipinski definition) is 1. The predicted molar refractivity (Wildman–Crippen MR) is 87.4 cm³/mol. The van der Waals surface area contributed by atoms with E-state index in [2.05, 4.69) is 48.2 Å². The van der Waals surface area contributed by atoms with Gasteiger partial charge in [-0.2, -0.15) is 0 Å². The van der Waals surface area contributed by atoms with E-state index in [1.807, 2.05) is 0 Å². The first kappa shape index (κ1) is 17.2. The zero-order valence-electron chi connectivity index (χ0n) is 14.0. The monoisotopic (exact) mass is 284 g/mol. The van der Waals surface area contributed by atoms with E-state index in [9.17, 15) is 4.79 Å². The van der Waals surface area contributed by atoms with Gasteiger partial charge >= 0.3 is 0 Å². The van der Waals surface area contributed by atoms with Gasteiger partial charge in [-0.3, -0.25) is 4.79 Å². The van der Waals surface area contributed by atoms with Gasteiger partial charge in [-0.05, 0) is 37.5 Å². The quantitative estimate of drug-likeness (QED) is 0.613. The first-order valence-corrected chi connectivity index (χ1v) is 9.94. The third-order valence-electron chi connectivity index (χ3n) is 6.32. The molecule has 1 saturated heterocycles. The molecule has 2 heteroatoms. The van der Waals surface area contributed by atoms with Crippen LogP contribution in [0.2, 0.25) is 0 Å². The molecule has 4 unspecified atom stereocenters. The lowest BCUT2D eigenvalue weighted by Crippen LogP contribution is -2.56. The molecule has 1 aliphatic rings. The Bertz CT molecular complexity index is 321. The van der Waals surface area contributed by atoms with Gasteiger partial charge in [0.1, 0.15) is 5.78 Å². The van der Waals surface area contributed by atoms with Crippen LogP contribution in [0.25, 0.3) is 0 Å². The molecular formula is C17H33OP. The normalized spacial score (nSPS) is 38.5. The molecule has 0 aromatic carbocycles. The number of carbonyl (C=O) groups excluding carboxylic acids is 1. The summed E-state index contributed by atoms with van der Waals surface area (Å²) in [4.78, 5) is 12.9. The number of carbonyl (C=O) groups is 1. The minimum atomic E-state index is -0.119. The van der Waals surface area contributed by atoms with Gasteiger partial charge < -0.3 is 0 Å². The van der Waals surface area contributed by atoms with Crippen molar-refractivity contribution in [1.29, 1.82) is 0 Å². The number of hydrogen-bond donors (Lipinski definition) is 0. The Kier molecular flexibility index (Phi) is 5.64. The van der Waals surface area contributed by atoms with Crippen LogP contribution in [0, 0.1) is 11.8 Å². The molecule has 0 aromatic rings. The second kappa shape index (κ2) is 6.25. The van der Waals surface area contributed by atoms with Gasteiger partial charge in [0.25, 0.3) is 0 Å². The van der Waals surface area contributed by atoms with Crippen LogP contribution in [0.15, 0.2) is 0 Å². The van der Waals surface area contributed by atoms with E-state index in [4.69, 9.17) is 0 Å². The van der Waals surface area contributed by atoms with Crippen LogP contribution in [-0.2, 0) is 4.79 Å². The van der Waals surface area contributed by atoms with Crippen LogP contribution in [0.5, 0.6) is 0 Å². The Morgan fingerprint density at radius 3 is 1.74 bits per heavy atom. The summed E-state index contributed by atoms with van der Waals surface area (Å²) in [6, 6.07) is 0. The molecule has 19 heavy (non-hydrogen) atoms. The van der Waals surface area contributed by atoms with Crippen LogP contribution >= 0.6 is 7.92 Å². The molecule has 0 N–H and O–H groups in total. The summed E-state index contributed by atoms with van der Waals surface area (Å²) in [5.74, 6) is 1.06. The summed E-state index contributed by atoms with van der Waals surface area (Å²) in [6.07, 6.45) is 5.93. The molecule has 4 atom stereocenters. The third-order valence-corrected chi connectivity index (χ3v) is 10.9. The van der Waals surface area contributed by atoms with Gasteiger partial charge in [0.2, 0.25) is 0 Å². The van der Waals surface area contributed by atoms with Crippen molar-refractivity contribution < 1.29 is 4.79 Å². The van der Waals surface area contributed by atoms with E-state index >= 15 is 0 Å². The molecule has 1 rings (SSSR count). The summed E-state index contributed by atoms with van der Waals surface area (Å²) in [7, 11) is -0.119. The molecule has 0 spiro atoms. The topological polar surface area (TPSA) is 17.1 Å². The standard InChI is InChI=1S/C17H33OP/c1-8-12-17(11-4)14(6)15(18)13(5)16(9-2,10-3)19(17)7/h13-14H,8-12H2,1-7H3. The van der Waals surface area contributed by atoms with Crippen molar-refractivity contribution >= 4 is 13.7 Å². The predicted octanol–water partition coefficient (Wildman–Crippen LogP) is 5.46.